The van der Waals surface area contributed by atoms with E-state index in [1.54, 1.807) is 0 Å². The zero-order chi connectivity index (χ0) is 11.5. The van der Waals surface area contributed by atoms with Crippen LogP contribution in [0.1, 0.15) is 12.8 Å². The maximum Gasteiger partial charge on any atom is 0.0224 e. The van der Waals surface area contributed by atoms with Gasteiger partial charge in [0, 0.05) is 63.4 Å². The number of fused-ring (bicyclic) bond motifs is 1. The average molecular weight is 255 g/mol. The molecule has 3 fully saturated rings. The lowest BCUT2D eigenvalue weighted by molar-refractivity contribution is 0.0951. The van der Waals surface area contributed by atoms with Gasteiger partial charge in [-0.05, 0) is 19.4 Å². The Morgan fingerprint density at radius 1 is 0.882 bits per heavy atom. The fourth-order valence-corrected chi connectivity index (χ4v) is 4.34. The lowest BCUT2D eigenvalue weighted by atomic mass is 10.1. The van der Waals surface area contributed by atoms with Crippen LogP contribution >= 0.6 is 11.8 Å². The molecule has 3 saturated heterocycles. The normalized spacial score (nSPS) is 32.8. The van der Waals surface area contributed by atoms with Crippen molar-refractivity contribution in [2.45, 2.75) is 18.9 Å². The van der Waals surface area contributed by atoms with E-state index in [0.717, 1.165) is 6.04 Å². The second kappa shape index (κ2) is 5.91. The van der Waals surface area contributed by atoms with E-state index in [4.69, 9.17) is 0 Å². The Morgan fingerprint density at radius 2 is 1.71 bits per heavy atom. The Balaban J connectivity index is 1.40. The van der Waals surface area contributed by atoms with Crippen molar-refractivity contribution in [2.24, 2.45) is 0 Å². The SMILES string of the molecule is C1CC2CN(CCN3CCSCC3)CCN2C1. The standard InChI is InChI=1S/C13H25N3S/c1-2-13-12-15(6-7-16(13)3-1)5-4-14-8-10-17-11-9-14/h13H,1-12H2. The van der Waals surface area contributed by atoms with Gasteiger partial charge in [-0.1, -0.05) is 0 Å². The molecule has 17 heavy (non-hydrogen) atoms. The molecule has 3 nitrogen and oxygen atoms in total. The smallest absolute Gasteiger partial charge is 0.0224 e. The highest BCUT2D eigenvalue weighted by Crippen LogP contribution is 2.21. The van der Waals surface area contributed by atoms with Crippen molar-refractivity contribution in [3.05, 3.63) is 0 Å². The van der Waals surface area contributed by atoms with E-state index < -0.39 is 0 Å². The topological polar surface area (TPSA) is 9.72 Å². The monoisotopic (exact) mass is 255 g/mol. The molecule has 3 aliphatic heterocycles. The maximum absolute atomic E-state index is 2.70. The lowest BCUT2D eigenvalue weighted by Gasteiger charge is -2.38. The minimum absolute atomic E-state index is 0.890. The van der Waals surface area contributed by atoms with E-state index >= 15 is 0 Å². The van der Waals surface area contributed by atoms with Crippen LogP contribution in [0.25, 0.3) is 0 Å². The summed E-state index contributed by atoms with van der Waals surface area (Å²) in [6, 6.07) is 0.890. The molecule has 0 aromatic heterocycles. The molecule has 0 aromatic carbocycles. The van der Waals surface area contributed by atoms with Gasteiger partial charge in [-0.2, -0.15) is 11.8 Å². The third-order valence-electron chi connectivity index (χ3n) is 4.51. The number of rotatable bonds is 3. The van der Waals surface area contributed by atoms with Crippen LogP contribution in [-0.4, -0.2) is 84.6 Å². The molecule has 0 spiro atoms. The molecule has 4 heteroatoms. The zero-order valence-electron chi connectivity index (χ0n) is 10.8. The molecule has 0 amide bonds. The van der Waals surface area contributed by atoms with Gasteiger partial charge in [0.15, 0.2) is 0 Å². The lowest BCUT2D eigenvalue weighted by Crippen LogP contribution is -2.52. The third-order valence-corrected chi connectivity index (χ3v) is 5.45. The number of hydrogen-bond donors (Lipinski definition) is 0. The van der Waals surface area contributed by atoms with Crippen molar-refractivity contribution in [3.63, 3.8) is 0 Å². The molecule has 0 aliphatic carbocycles. The summed E-state index contributed by atoms with van der Waals surface area (Å²) >= 11 is 2.11. The number of piperazine rings is 1. The predicted octanol–water partition coefficient (Wildman–Crippen LogP) is 0.815. The Kier molecular flexibility index (Phi) is 4.27. The predicted molar refractivity (Wildman–Crippen MR) is 74.8 cm³/mol. The summed E-state index contributed by atoms with van der Waals surface area (Å²) in [5, 5.41) is 0. The Hall–Kier alpha value is 0.230. The summed E-state index contributed by atoms with van der Waals surface area (Å²) < 4.78 is 0. The summed E-state index contributed by atoms with van der Waals surface area (Å²) in [5.41, 5.74) is 0. The number of hydrogen-bond acceptors (Lipinski definition) is 4. The van der Waals surface area contributed by atoms with Gasteiger partial charge in [-0.3, -0.25) is 9.80 Å². The number of thioether (sulfide) groups is 1. The van der Waals surface area contributed by atoms with E-state index in [1.807, 2.05) is 0 Å². The van der Waals surface area contributed by atoms with Crippen LogP contribution < -0.4 is 0 Å². The average Bonchev–Trinajstić information content (AvgIpc) is 2.85. The van der Waals surface area contributed by atoms with Crippen LogP contribution in [0.15, 0.2) is 0 Å². The molecule has 0 N–H and O–H groups in total. The second-order valence-corrected chi connectivity index (χ2v) is 6.81. The van der Waals surface area contributed by atoms with E-state index in [0.29, 0.717) is 0 Å². The van der Waals surface area contributed by atoms with Gasteiger partial charge >= 0.3 is 0 Å². The van der Waals surface area contributed by atoms with Crippen molar-refractivity contribution < 1.29 is 0 Å². The summed E-state index contributed by atoms with van der Waals surface area (Å²) in [6.45, 7) is 10.6. The summed E-state index contributed by atoms with van der Waals surface area (Å²) in [5.74, 6) is 2.69. The number of nitrogens with zero attached hydrogens (tertiary/aromatic N) is 3. The Bertz CT molecular complexity index is 243. The minimum atomic E-state index is 0.890. The Morgan fingerprint density at radius 3 is 2.59 bits per heavy atom. The first-order valence-electron chi connectivity index (χ1n) is 7.18. The molecular formula is C13H25N3S. The van der Waals surface area contributed by atoms with E-state index in [-0.39, 0.29) is 0 Å². The summed E-state index contributed by atoms with van der Waals surface area (Å²) in [7, 11) is 0. The highest BCUT2D eigenvalue weighted by atomic mass is 32.2. The van der Waals surface area contributed by atoms with E-state index in [1.165, 1.54) is 76.7 Å². The van der Waals surface area contributed by atoms with Crippen molar-refractivity contribution in [3.8, 4) is 0 Å². The van der Waals surface area contributed by atoms with Gasteiger partial charge in [-0.15, -0.1) is 0 Å². The van der Waals surface area contributed by atoms with Crippen molar-refractivity contribution in [2.75, 3.05) is 63.9 Å². The first kappa shape index (κ1) is 12.3. The molecule has 98 valence electrons. The zero-order valence-corrected chi connectivity index (χ0v) is 11.6. The van der Waals surface area contributed by atoms with Gasteiger partial charge in [0.05, 0.1) is 0 Å². The van der Waals surface area contributed by atoms with Gasteiger partial charge in [0.25, 0.3) is 0 Å². The van der Waals surface area contributed by atoms with E-state index in [9.17, 15) is 0 Å². The summed E-state index contributed by atoms with van der Waals surface area (Å²) in [6.07, 6.45) is 2.87. The quantitative estimate of drug-likeness (QED) is 0.738. The van der Waals surface area contributed by atoms with Crippen molar-refractivity contribution >= 4 is 11.8 Å². The van der Waals surface area contributed by atoms with Gasteiger partial charge in [-0.25, -0.2) is 0 Å². The largest absolute Gasteiger partial charge is 0.300 e. The van der Waals surface area contributed by atoms with Crippen molar-refractivity contribution in [1.82, 2.24) is 14.7 Å². The molecule has 0 bridgehead atoms. The molecule has 1 atom stereocenters. The molecule has 1 unspecified atom stereocenters. The second-order valence-electron chi connectivity index (χ2n) is 5.59. The molecular weight excluding hydrogens is 230 g/mol. The van der Waals surface area contributed by atoms with Crippen LogP contribution in [0.2, 0.25) is 0 Å². The molecule has 3 rings (SSSR count). The summed E-state index contributed by atoms with van der Waals surface area (Å²) in [4.78, 5) is 8.06. The highest BCUT2D eigenvalue weighted by molar-refractivity contribution is 7.99. The third kappa shape index (κ3) is 3.16. The van der Waals surface area contributed by atoms with Crippen LogP contribution in [0.4, 0.5) is 0 Å². The van der Waals surface area contributed by atoms with Crippen LogP contribution in [0.5, 0.6) is 0 Å². The van der Waals surface area contributed by atoms with Gasteiger partial charge in [0.1, 0.15) is 0 Å². The Labute approximate surface area is 110 Å². The fourth-order valence-electron chi connectivity index (χ4n) is 3.37. The van der Waals surface area contributed by atoms with E-state index in [2.05, 4.69) is 26.5 Å². The van der Waals surface area contributed by atoms with Gasteiger partial charge < -0.3 is 4.90 Å². The van der Waals surface area contributed by atoms with Gasteiger partial charge in [0.2, 0.25) is 0 Å². The first-order valence-corrected chi connectivity index (χ1v) is 8.34. The fraction of sp³-hybridized carbons (Fsp3) is 1.00. The van der Waals surface area contributed by atoms with Crippen molar-refractivity contribution in [1.29, 1.82) is 0 Å². The molecule has 3 heterocycles. The van der Waals surface area contributed by atoms with Crippen LogP contribution in [0, 0.1) is 0 Å². The maximum atomic E-state index is 2.70. The first-order chi connectivity index (χ1) is 8.42. The molecule has 0 aromatic rings. The molecule has 3 aliphatic rings. The molecule has 0 saturated carbocycles. The highest BCUT2D eigenvalue weighted by Gasteiger charge is 2.30. The van der Waals surface area contributed by atoms with Crippen LogP contribution in [-0.2, 0) is 0 Å². The molecule has 0 radical (unpaired) electrons. The van der Waals surface area contributed by atoms with Crippen LogP contribution in [0.3, 0.4) is 0 Å². The minimum Gasteiger partial charge on any atom is -0.300 e.